The first-order valence-electron chi connectivity index (χ1n) is 8.54. The highest BCUT2D eigenvalue weighted by Crippen LogP contribution is 2.31. The Hall–Kier alpha value is -1.62. The Labute approximate surface area is 162 Å². The Kier molecular flexibility index (Phi) is 5.80. The van der Waals surface area contributed by atoms with Crippen molar-refractivity contribution in [2.45, 2.75) is 36.7 Å². The zero-order valence-electron chi connectivity index (χ0n) is 14.4. The third-order valence-electron chi connectivity index (χ3n) is 4.98. The summed E-state index contributed by atoms with van der Waals surface area (Å²) in [5, 5.41) is 11.7. The lowest BCUT2D eigenvalue weighted by atomic mass is 9.97. The number of aromatic nitrogens is 3. The SMILES string of the molecule is Cl.O=S(=O)(c1cc(F)ccc1F)N1CCC(c2nnc3n2CCNC3)CC1. The van der Waals surface area contributed by atoms with Gasteiger partial charge in [0.1, 0.15) is 28.2 Å². The van der Waals surface area contributed by atoms with E-state index in [2.05, 4.69) is 20.1 Å². The van der Waals surface area contributed by atoms with Crippen molar-refractivity contribution in [1.82, 2.24) is 24.4 Å². The van der Waals surface area contributed by atoms with Crippen molar-refractivity contribution in [2.24, 2.45) is 0 Å². The summed E-state index contributed by atoms with van der Waals surface area (Å²) in [4.78, 5) is -0.609. The second-order valence-electron chi connectivity index (χ2n) is 6.56. The van der Waals surface area contributed by atoms with Gasteiger partial charge in [0, 0.05) is 32.1 Å². The monoisotopic (exact) mass is 419 g/mol. The number of nitrogens with one attached hydrogen (secondary N) is 1. The first-order chi connectivity index (χ1) is 12.5. The van der Waals surface area contributed by atoms with Crippen LogP contribution in [0.5, 0.6) is 0 Å². The highest BCUT2D eigenvalue weighted by atomic mass is 35.5. The molecule has 1 saturated heterocycles. The van der Waals surface area contributed by atoms with Crippen LogP contribution in [-0.4, -0.2) is 47.1 Å². The van der Waals surface area contributed by atoms with Crippen molar-refractivity contribution < 1.29 is 17.2 Å². The molecular formula is C16H20ClF2N5O2S. The molecule has 0 radical (unpaired) electrons. The summed E-state index contributed by atoms with van der Waals surface area (Å²) in [7, 11) is -4.06. The smallest absolute Gasteiger partial charge is 0.246 e. The lowest BCUT2D eigenvalue weighted by Gasteiger charge is -2.31. The van der Waals surface area contributed by atoms with Gasteiger partial charge in [-0.05, 0) is 31.0 Å². The van der Waals surface area contributed by atoms with Crippen LogP contribution >= 0.6 is 12.4 Å². The average Bonchev–Trinajstić information content (AvgIpc) is 3.08. The van der Waals surface area contributed by atoms with E-state index in [1.165, 1.54) is 4.31 Å². The molecule has 1 fully saturated rings. The minimum atomic E-state index is -4.06. The van der Waals surface area contributed by atoms with Crippen LogP contribution in [0, 0.1) is 11.6 Å². The van der Waals surface area contributed by atoms with Gasteiger partial charge in [-0.25, -0.2) is 17.2 Å². The molecule has 2 aromatic rings. The van der Waals surface area contributed by atoms with Crippen molar-refractivity contribution in [2.75, 3.05) is 19.6 Å². The molecule has 1 N–H and O–H groups in total. The van der Waals surface area contributed by atoms with Crippen molar-refractivity contribution >= 4 is 22.4 Å². The fraction of sp³-hybridized carbons (Fsp3) is 0.500. The molecule has 0 bridgehead atoms. The molecule has 2 aliphatic rings. The van der Waals surface area contributed by atoms with Gasteiger partial charge in [0.15, 0.2) is 0 Å². The maximum absolute atomic E-state index is 13.9. The Balaban J connectivity index is 0.00000210. The van der Waals surface area contributed by atoms with Crippen molar-refractivity contribution in [1.29, 1.82) is 0 Å². The quantitative estimate of drug-likeness (QED) is 0.818. The molecule has 11 heteroatoms. The van der Waals surface area contributed by atoms with Crippen molar-refractivity contribution in [3.8, 4) is 0 Å². The first-order valence-corrected chi connectivity index (χ1v) is 9.99. The van der Waals surface area contributed by atoms with E-state index in [4.69, 9.17) is 0 Å². The van der Waals surface area contributed by atoms with Gasteiger partial charge in [-0.2, -0.15) is 4.31 Å². The fourth-order valence-electron chi connectivity index (χ4n) is 3.58. The Morgan fingerprint density at radius 2 is 1.85 bits per heavy atom. The van der Waals surface area contributed by atoms with Gasteiger partial charge in [-0.3, -0.25) is 0 Å². The van der Waals surface area contributed by atoms with E-state index >= 15 is 0 Å². The number of sulfonamides is 1. The molecule has 3 heterocycles. The number of hydrogen-bond acceptors (Lipinski definition) is 5. The number of nitrogens with zero attached hydrogens (tertiary/aromatic N) is 4. The van der Waals surface area contributed by atoms with Crippen LogP contribution in [0.3, 0.4) is 0 Å². The van der Waals surface area contributed by atoms with Gasteiger partial charge < -0.3 is 9.88 Å². The largest absolute Gasteiger partial charge is 0.312 e. The number of halogens is 3. The zero-order valence-corrected chi connectivity index (χ0v) is 16.1. The second-order valence-corrected chi connectivity index (χ2v) is 8.46. The fourth-order valence-corrected chi connectivity index (χ4v) is 5.13. The predicted octanol–water partition coefficient (Wildman–Crippen LogP) is 1.65. The van der Waals surface area contributed by atoms with Crippen LogP contribution in [0.25, 0.3) is 0 Å². The number of hydrogen-bond donors (Lipinski definition) is 1. The van der Waals surface area contributed by atoms with Crippen LogP contribution in [-0.2, 0) is 23.1 Å². The molecule has 0 atom stereocenters. The highest BCUT2D eigenvalue weighted by molar-refractivity contribution is 7.89. The van der Waals surface area contributed by atoms with Crippen LogP contribution in [0.1, 0.15) is 30.4 Å². The molecule has 1 aromatic heterocycles. The minimum absolute atomic E-state index is 0. The molecule has 7 nitrogen and oxygen atoms in total. The van der Waals surface area contributed by atoms with Crippen LogP contribution < -0.4 is 5.32 Å². The van der Waals surface area contributed by atoms with Crippen molar-refractivity contribution in [3.05, 3.63) is 41.5 Å². The Morgan fingerprint density at radius 3 is 2.59 bits per heavy atom. The van der Waals surface area contributed by atoms with E-state index in [0.717, 1.165) is 42.9 Å². The lowest BCUT2D eigenvalue weighted by Crippen LogP contribution is -2.39. The summed E-state index contributed by atoms with van der Waals surface area (Å²) in [6, 6.07) is 2.48. The zero-order chi connectivity index (χ0) is 18.3. The highest BCUT2D eigenvalue weighted by Gasteiger charge is 2.34. The third-order valence-corrected chi connectivity index (χ3v) is 6.90. The van der Waals surface area contributed by atoms with E-state index in [1.807, 2.05) is 0 Å². The molecule has 1 aromatic carbocycles. The predicted molar refractivity (Wildman–Crippen MR) is 96.1 cm³/mol. The van der Waals surface area contributed by atoms with Gasteiger partial charge >= 0.3 is 0 Å². The van der Waals surface area contributed by atoms with E-state index in [1.54, 1.807) is 0 Å². The average molecular weight is 420 g/mol. The van der Waals surface area contributed by atoms with E-state index in [9.17, 15) is 17.2 Å². The molecule has 0 saturated carbocycles. The van der Waals surface area contributed by atoms with Gasteiger partial charge in [0.25, 0.3) is 0 Å². The summed E-state index contributed by atoms with van der Waals surface area (Å²) >= 11 is 0. The molecule has 148 valence electrons. The van der Waals surface area contributed by atoms with Crippen LogP contribution in [0.4, 0.5) is 8.78 Å². The Morgan fingerprint density at radius 1 is 1.11 bits per heavy atom. The molecule has 0 unspecified atom stereocenters. The van der Waals surface area contributed by atoms with Crippen molar-refractivity contribution in [3.63, 3.8) is 0 Å². The van der Waals surface area contributed by atoms with Gasteiger partial charge in [0.2, 0.25) is 10.0 Å². The standard InChI is InChI=1S/C16H19F2N5O2S.ClH/c17-12-1-2-13(18)14(9-12)26(24,25)22-6-3-11(4-7-22)16-21-20-15-10-19-5-8-23(15)16;/h1-2,9,11,19H,3-8,10H2;1H. The van der Waals surface area contributed by atoms with E-state index < -0.39 is 26.6 Å². The number of piperidine rings is 1. The number of benzene rings is 1. The van der Waals surface area contributed by atoms with Crippen LogP contribution in [0.2, 0.25) is 0 Å². The molecular weight excluding hydrogens is 400 g/mol. The van der Waals surface area contributed by atoms with Gasteiger partial charge in [0.05, 0.1) is 6.54 Å². The van der Waals surface area contributed by atoms with E-state index in [0.29, 0.717) is 19.4 Å². The molecule has 27 heavy (non-hydrogen) atoms. The first kappa shape index (κ1) is 20.1. The minimum Gasteiger partial charge on any atom is -0.312 e. The summed E-state index contributed by atoms with van der Waals surface area (Å²) in [5.74, 6) is 0.174. The van der Waals surface area contributed by atoms with E-state index in [-0.39, 0.29) is 31.4 Å². The van der Waals surface area contributed by atoms with Gasteiger partial charge in [-0.15, -0.1) is 22.6 Å². The number of rotatable bonds is 3. The summed E-state index contributed by atoms with van der Waals surface area (Å²) in [6.45, 7) is 2.81. The normalized spacial score (nSPS) is 18.7. The molecule has 4 rings (SSSR count). The topological polar surface area (TPSA) is 80.1 Å². The second kappa shape index (κ2) is 7.78. The Bertz CT molecular complexity index is 929. The molecule has 0 amide bonds. The summed E-state index contributed by atoms with van der Waals surface area (Å²) in [6.07, 6.45) is 1.14. The molecule has 0 aliphatic carbocycles. The summed E-state index contributed by atoms with van der Waals surface area (Å²) < 4.78 is 55.9. The van der Waals surface area contributed by atoms with Crippen LogP contribution in [0.15, 0.2) is 23.1 Å². The van der Waals surface area contributed by atoms with Gasteiger partial charge in [-0.1, -0.05) is 0 Å². The third kappa shape index (κ3) is 3.71. The maximum Gasteiger partial charge on any atom is 0.246 e. The summed E-state index contributed by atoms with van der Waals surface area (Å²) in [5.41, 5.74) is 0. The molecule has 0 spiro atoms. The lowest BCUT2D eigenvalue weighted by molar-refractivity contribution is 0.306. The maximum atomic E-state index is 13.9. The molecule has 2 aliphatic heterocycles. The number of fused-ring (bicyclic) bond motifs is 1.